The highest BCUT2D eigenvalue weighted by atomic mass is 16.5. The molecule has 0 unspecified atom stereocenters. The Hall–Kier alpha value is -1.75. The van der Waals surface area contributed by atoms with Crippen molar-refractivity contribution in [2.24, 2.45) is 4.99 Å². The van der Waals surface area contributed by atoms with Crippen LogP contribution in [-0.4, -0.2) is 51.2 Å². The average molecular weight is 292 g/mol. The monoisotopic (exact) mass is 292 g/mol. The van der Waals surface area contributed by atoms with Crippen LogP contribution in [0, 0.1) is 0 Å². The average Bonchev–Trinajstić information content (AvgIpc) is 2.52. The van der Waals surface area contributed by atoms with Gasteiger partial charge in [-0.25, -0.2) is 4.99 Å². The van der Waals surface area contributed by atoms with E-state index in [-0.39, 0.29) is 0 Å². The first-order valence-electron chi connectivity index (χ1n) is 7.53. The number of nitrogens with zero attached hydrogens (tertiary/aromatic N) is 2. The lowest BCUT2D eigenvalue weighted by Crippen LogP contribution is -2.40. The van der Waals surface area contributed by atoms with E-state index in [4.69, 9.17) is 4.74 Å². The molecule has 1 rings (SSSR count). The molecule has 0 bridgehead atoms. The van der Waals surface area contributed by atoms with Gasteiger partial charge < -0.3 is 20.3 Å². The molecule has 0 spiro atoms. The summed E-state index contributed by atoms with van der Waals surface area (Å²) in [6.07, 6.45) is 0. The number of methoxy groups -OCH3 is 1. The van der Waals surface area contributed by atoms with Crippen molar-refractivity contribution in [1.82, 2.24) is 15.5 Å². The summed E-state index contributed by atoms with van der Waals surface area (Å²) in [5.74, 6) is 1.72. The van der Waals surface area contributed by atoms with Gasteiger partial charge in [0.25, 0.3) is 0 Å². The SMILES string of the molecule is CCNC(=NCc1cccc(OC)c1)NCCN(C)CC. The molecule has 1 aromatic rings. The Bertz CT molecular complexity index is 434. The third kappa shape index (κ3) is 6.99. The van der Waals surface area contributed by atoms with Crippen molar-refractivity contribution in [3.8, 4) is 5.75 Å². The lowest BCUT2D eigenvalue weighted by Gasteiger charge is -2.16. The number of guanidine groups is 1. The van der Waals surface area contributed by atoms with E-state index in [1.54, 1.807) is 7.11 Å². The van der Waals surface area contributed by atoms with Gasteiger partial charge in [0.15, 0.2) is 5.96 Å². The molecule has 5 nitrogen and oxygen atoms in total. The number of hydrogen-bond acceptors (Lipinski definition) is 3. The second kappa shape index (κ2) is 10.0. The summed E-state index contributed by atoms with van der Waals surface area (Å²) in [7, 11) is 3.79. The quantitative estimate of drug-likeness (QED) is 0.565. The maximum absolute atomic E-state index is 5.23. The Kier molecular flexibility index (Phi) is 8.28. The molecular formula is C16H28N4O. The predicted molar refractivity (Wildman–Crippen MR) is 89.0 cm³/mol. The predicted octanol–water partition coefficient (Wildman–Crippen LogP) is 1.70. The van der Waals surface area contributed by atoms with Gasteiger partial charge in [-0.15, -0.1) is 0 Å². The molecule has 0 aliphatic heterocycles. The summed E-state index contributed by atoms with van der Waals surface area (Å²) in [4.78, 5) is 6.86. The molecule has 0 aliphatic carbocycles. The minimum absolute atomic E-state index is 0.635. The smallest absolute Gasteiger partial charge is 0.191 e. The Morgan fingerprint density at radius 3 is 2.76 bits per heavy atom. The summed E-state index contributed by atoms with van der Waals surface area (Å²) in [5.41, 5.74) is 1.14. The van der Waals surface area contributed by atoms with Gasteiger partial charge in [0.1, 0.15) is 5.75 Å². The number of hydrogen-bond donors (Lipinski definition) is 2. The van der Waals surface area contributed by atoms with Crippen LogP contribution in [0.4, 0.5) is 0 Å². The van der Waals surface area contributed by atoms with Crippen LogP contribution >= 0.6 is 0 Å². The highest BCUT2D eigenvalue weighted by Gasteiger charge is 2.00. The van der Waals surface area contributed by atoms with Crippen LogP contribution in [0.15, 0.2) is 29.3 Å². The highest BCUT2D eigenvalue weighted by molar-refractivity contribution is 5.79. The molecule has 2 N–H and O–H groups in total. The van der Waals surface area contributed by atoms with Crippen molar-refractivity contribution in [1.29, 1.82) is 0 Å². The molecule has 118 valence electrons. The molecule has 0 aliphatic rings. The van der Waals surface area contributed by atoms with Crippen LogP contribution in [-0.2, 0) is 6.54 Å². The normalized spacial score (nSPS) is 11.6. The van der Waals surface area contributed by atoms with Crippen molar-refractivity contribution < 1.29 is 4.74 Å². The zero-order valence-electron chi connectivity index (χ0n) is 13.6. The number of aliphatic imine (C=N–C) groups is 1. The second-order valence-corrected chi connectivity index (χ2v) is 4.87. The largest absolute Gasteiger partial charge is 0.497 e. The summed E-state index contributed by atoms with van der Waals surface area (Å²) in [6.45, 7) is 8.65. The van der Waals surface area contributed by atoms with Crippen molar-refractivity contribution in [2.75, 3.05) is 40.3 Å². The van der Waals surface area contributed by atoms with Crippen molar-refractivity contribution >= 4 is 5.96 Å². The van der Waals surface area contributed by atoms with Gasteiger partial charge in [-0.2, -0.15) is 0 Å². The fourth-order valence-electron chi connectivity index (χ4n) is 1.81. The topological polar surface area (TPSA) is 48.9 Å². The van der Waals surface area contributed by atoms with E-state index in [2.05, 4.69) is 47.5 Å². The zero-order valence-corrected chi connectivity index (χ0v) is 13.6. The van der Waals surface area contributed by atoms with Gasteiger partial charge in [-0.05, 0) is 38.2 Å². The fraction of sp³-hybridized carbons (Fsp3) is 0.562. The van der Waals surface area contributed by atoms with E-state index in [0.29, 0.717) is 6.54 Å². The second-order valence-electron chi connectivity index (χ2n) is 4.87. The first kappa shape index (κ1) is 17.3. The standard InChI is InChI=1S/C16H28N4O/c1-5-17-16(18-10-11-20(3)6-2)19-13-14-8-7-9-15(12-14)21-4/h7-9,12H,5-6,10-11,13H2,1-4H3,(H2,17,18,19). The van der Waals surface area contributed by atoms with Gasteiger partial charge in [-0.1, -0.05) is 19.1 Å². The highest BCUT2D eigenvalue weighted by Crippen LogP contribution is 2.12. The Labute approximate surface area is 128 Å². The van der Waals surface area contributed by atoms with Crippen molar-refractivity contribution in [2.45, 2.75) is 20.4 Å². The van der Waals surface area contributed by atoms with Crippen molar-refractivity contribution in [3.63, 3.8) is 0 Å². The molecule has 0 amide bonds. The zero-order chi connectivity index (χ0) is 15.5. The van der Waals surface area contributed by atoms with E-state index in [0.717, 1.165) is 43.5 Å². The van der Waals surface area contributed by atoms with E-state index in [1.165, 1.54) is 0 Å². The van der Waals surface area contributed by atoms with Gasteiger partial charge in [-0.3, -0.25) is 0 Å². The number of nitrogens with one attached hydrogen (secondary N) is 2. The van der Waals surface area contributed by atoms with Crippen LogP contribution in [0.3, 0.4) is 0 Å². The Morgan fingerprint density at radius 2 is 2.10 bits per heavy atom. The first-order valence-corrected chi connectivity index (χ1v) is 7.53. The summed E-state index contributed by atoms with van der Waals surface area (Å²) >= 11 is 0. The minimum atomic E-state index is 0.635. The number of rotatable bonds is 8. The van der Waals surface area contributed by atoms with Crippen LogP contribution < -0.4 is 15.4 Å². The fourth-order valence-corrected chi connectivity index (χ4v) is 1.81. The number of likely N-dealkylation sites (N-methyl/N-ethyl adjacent to an activating group) is 1. The van der Waals surface area contributed by atoms with Crippen LogP contribution in [0.2, 0.25) is 0 Å². The third-order valence-corrected chi connectivity index (χ3v) is 3.22. The van der Waals surface area contributed by atoms with Crippen LogP contribution in [0.1, 0.15) is 19.4 Å². The number of ether oxygens (including phenoxy) is 1. The van der Waals surface area contributed by atoms with E-state index < -0.39 is 0 Å². The number of benzene rings is 1. The molecule has 5 heteroatoms. The lowest BCUT2D eigenvalue weighted by molar-refractivity contribution is 0.357. The minimum Gasteiger partial charge on any atom is -0.497 e. The maximum atomic E-state index is 5.23. The maximum Gasteiger partial charge on any atom is 0.191 e. The Morgan fingerprint density at radius 1 is 1.29 bits per heavy atom. The van der Waals surface area contributed by atoms with Gasteiger partial charge in [0.05, 0.1) is 13.7 Å². The first-order chi connectivity index (χ1) is 10.2. The third-order valence-electron chi connectivity index (χ3n) is 3.22. The van der Waals surface area contributed by atoms with Gasteiger partial charge >= 0.3 is 0 Å². The molecule has 0 saturated carbocycles. The molecule has 0 saturated heterocycles. The van der Waals surface area contributed by atoms with Gasteiger partial charge in [0, 0.05) is 19.6 Å². The molecule has 1 aromatic carbocycles. The molecule has 0 atom stereocenters. The van der Waals surface area contributed by atoms with Gasteiger partial charge in [0.2, 0.25) is 0 Å². The summed E-state index contributed by atoms with van der Waals surface area (Å²) < 4.78 is 5.23. The Balaban J connectivity index is 2.53. The molecule has 0 radical (unpaired) electrons. The summed E-state index contributed by atoms with van der Waals surface area (Å²) in [6, 6.07) is 8.00. The van der Waals surface area contributed by atoms with Crippen molar-refractivity contribution in [3.05, 3.63) is 29.8 Å². The molecular weight excluding hydrogens is 264 g/mol. The molecule has 0 heterocycles. The van der Waals surface area contributed by atoms with Crippen LogP contribution in [0.5, 0.6) is 5.75 Å². The van der Waals surface area contributed by atoms with E-state index >= 15 is 0 Å². The summed E-state index contributed by atoms with van der Waals surface area (Å²) in [5, 5.41) is 6.61. The molecule has 0 aromatic heterocycles. The lowest BCUT2D eigenvalue weighted by atomic mass is 10.2. The van der Waals surface area contributed by atoms with E-state index in [9.17, 15) is 0 Å². The molecule has 0 fully saturated rings. The molecule has 21 heavy (non-hydrogen) atoms. The van der Waals surface area contributed by atoms with E-state index in [1.807, 2.05) is 18.2 Å². The van der Waals surface area contributed by atoms with Crippen LogP contribution in [0.25, 0.3) is 0 Å².